The fourth-order valence-electron chi connectivity index (χ4n) is 4.11. The van der Waals surface area contributed by atoms with E-state index in [0.29, 0.717) is 12.0 Å². The van der Waals surface area contributed by atoms with Crippen LogP contribution in [0.1, 0.15) is 57.4 Å². The van der Waals surface area contributed by atoms with Crippen molar-refractivity contribution in [1.82, 2.24) is 5.32 Å². The van der Waals surface area contributed by atoms with Gasteiger partial charge >= 0.3 is 0 Å². The lowest BCUT2D eigenvalue weighted by Gasteiger charge is -2.30. The second-order valence-electron chi connectivity index (χ2n) is 7.12. The molecule has 2 nitrogen and oxygen atoms in total. The highest BCUT2D eigenvalue weighted by molar-refractivity contribution is 5.37. The number of hydrogen-bond acceptors (Lipinski definition) is 2. The van der Waals surface area contributed by atoms with Crippen LogP contribution in [-0.2, 0) is 0 Å². The molecule has 3 rings (SSSR count). The smallest absolute Gasteiger partial charge is 0.122 e. The molecule has 0 spiro atoms. The molecule has 1 fully saturated rings. The van der Waals surface area contributed by atoms with E-state index in [1.807, 2.05) is 0 Å². The van der Waals surface area contributed by atoms with Crippen LogP contribution in [0.25, 0.3) is 0 Å². The molecule has 0 aromatic heterocycles. The molecule has 116 valence electrons. The van der Waals surface area contributed by atoms with Gasteiger partial charge in [0.05, 0.1) is 6.61 Å². The molecule has 1 aliphatic heterocycles. The summed E-state index contributed by atoms with van der Waals surface area (Å²) in [6.45, 7) is 6.59. The predicted octanol–water partition coefficient (Wildman–Crippen LogP) is 4.36. The molecule has 3 unspecified atom stereocenters. The van der Waals surface area contributed by atoms with Crippen molar-refractivity contribution in [2.75, 3.05) is 13.2 Å². The normalized spacial score (nSPS) is 28.4. The van der Waals surface area contributed by atoms with Crippen molar-refractivity contribution >= 4 is 0 Å². The average Bonchev–Trinajstić information content (AvgIpc) is 2.93. The van der Waals surface area contributed by atoms with E-state index in [1.165, 1.54) is 44.2 Å². The molecular formula is C19H29NO. The fraction of sp³-hybridized carbons (Fsp3) is 0.684. The highest BCUT2D eigenvalue weighted by Crippen LogP contribution is 2.43. The number of nitrogens with one attached hydrogen (secondary N) is 1. The Balaban J connectivity index is 1.63. The average molecular weight is 287 g/mol. The molecule has 2 heteroatoms. The third kappa shape index (κ3) is 3.60. The van der Waals surface area contributed by atoms with Gasteiger partial charge in [-0.05, 0) is 55.2 Å². The molecule has 1 aromatic carbocycles. The number of fused-ring (bicyclic) bond motifs is 1. The lowest BCUT2D eigenvalue weighted by molar-refractivity contribution is 0.237. The van der Waals surface area contributed by atoms with Crippen LogP contribution >= 0.6 is 0 Å². The maximum absolute atomic E-state index is 5.81. The third-order valence-corrected chi connectivity index (χ3v) is 5.27. The zero-order valence-corrected chi connectivity index (χ0v) is 13.5. The van der Waals surface area contributed by atoms with Gasteiger partial charge in [-0.15, -0.1) is 0 Å². The Labute approximate surface area is 129 Å². The van der Waals surface area contributed by atoms with Crippen LogP contribution in [0.4, 0.5) is 0 Å². The van der Waals surface area contributed by atoms with Crippen molar-refractivity contribution in [3.05, 3.63) is 29.8 Å². The molecule has 1 aromatic rings. The van der Waals surface area contributed by atoms with E-state index in [1.54, 1.807) is 0 Å². The Morgan fingerprint density at radius 2 is 1.95 bits per heavy atom. The Hall–Kier alpha value is -1.02. The molecule has 1 heterocycles. The Kier molecular flexibility index (Phi) is 4.84. The zero-order chi connectivity index (χ0) is 14.7. The molecule has 0 saturated heterocycles. The number of para-hydroxylation sites is 1. The van der Waals surface area contributed by atoms with E-state index < -0.39 is 0 Å². The van der Waals surface area contributed by atoms with E-state index >= 15 is 0 Å². The molecule has 1 N–H and O–H groups in total. The molecule has 2 aliphatic rings. The van der Waals surface area contributed by atoms with Gasteiger partial charge in [-0.1, -0.05) is 44.9 Å². The third-order valence-electron chi connectivity index (χ3n) is 5.27. The Bertz CT molecular complexity index is 457. The summed E-state index contributed by atoms with van der Waals surface area (Å²) in [5.74, 6) is 3.61. The summed E-state index contributed by atoms with van der Waals surface area (Å²) in [6, 6.07) is 9.26. The first kappa shape index (κ1) is 14.9. The van der Waals surface area contributed by atoms with Gasteiger partial charge in [-0.2, -0.15) is 0 Å². The maximum Gasteiger partial charge on any atom is 0.122 e. The minimum atomic E-state index is 0.607. The van der Waals surface area contributed by atoms with Crippen molar-refractivity contribution in [3.63, 3.8) is 0 Å². The second-order valence-corrected chi connectivity index (χ2v) is 7.12. The van der Waals surface area contributed by atoms with Gasteiger partial charge in [0, 0.05) is 6.04 Å². The molecule has 1 aliphatic carbocycles. The summed E-state index contributed by atoms with van der Waals surface area (Å²) in [7, 11) is 0. The van der Waals surface area contributed by atoms with E-state index in [0.717, 1.165) is 24.2 Å². The zero-order valence-electron chi connectivity index (χ0n) is 13.5. The van der Waals surface area contributed by atoms with Crippen LogP contribution in [0.2, 0.25) is 0 Å². The predicted molar refractivity (Wildman–Crippen MR) is 87.9 cm³/mol. The molecule has 21 heavy (non-hydrogen) atoms. The number of benzene rings is 1. The topological polar surface area (TPSA) is 21.3 Å². The van der Waals surface area contributed by atoms with Crippen molar-refractivity contribution in [2.24, 2.45) is 11.8 Å². The maximum atomic E-state index is 5.81. The molecule has 0 amide bonds. The summed E-state index contributed by atoms with van der Waals surface area (Å²) >= 11 is 0. The molecule has 3 atom stereocenters. The largest absolute Gasteiger partial charge is 0.493 e. The SMILES string of the molecule is CC(C)NCC1CCCC1CC1CCOc2ccccc21. The summed E-state index contributed by atoms with van der Waals surface area (Å²) in [5.41, 5.74) is 1.45. The summed E-state index contributed by atoms with van der Waals surface area (Å²) in [5, 5.41) is 3.65. The van der Waals surface area contributed by atoms with E-state index in [4.69, 9.17) is 4.74 Å². The Morgan fingerprint density at radius 3 is 2.81 bits per heavy atom. The first-order chi connectivity index (χ1) is 10.2. The number of rotatable bonds is 5. The minimum absolute atomic E-state index is 0.607. The van der Waals surface area contributed by atoms with Crippen molar-refractivity contribution in [2.45, 2.75) is 57.9 Å². The molecular weight excluding hydrogens is 258 g/mol. The van der Waals surface area contributed by atoms with Gasteiger partial charge in [-0.25, -0.2) is 0 Å². The standard InChI is InChI=1S/C19H29NO/c1-14(2)20-13-17-7-5-6-15(17)12-16-10-11-21-19-9-4-3-8-18(16)19/h3-4,8-9,14-17,20H,5-7,10-13H2,1-2H3. The van der Waals surface area contributed by atoms with Crippen LogP contribution in [0.15, 0.2) is 24.3 Å². The highest BCUT2D eigenvalue weighted by Gasteiger charge is 2.31. The monoisotopic (exact) mass is 287 g/mol. The minimum Gasteiger partial charge on any atom is -0.493 e. The van der Waals surface area contributed by atoms with E-state index in [2.05, 4.69) is 43.4 Å². The van der Waals surface area contributed by atoms with Gasteiger partial charge < -0.3 is 10.1 Å². The molecule has 0 bridgehead atoms. The van der Waals surface area contributed by atoms with Crippen molar-refractivity contribution in [3.8, 4) is 5.75 Å². The van der Waals surface area contributed by atoms with Gasteiger partial charge in [0.15, 0.2) is 0 Å². The van der Waals surface area contributed by atoms with Crippen LogP contribution in [-0.4, -0.2) is 19.2 Å². The summed E-state index contributed by atoms with van der Waals surface area (Å²) in [4.78, 5) is 0. The van der Waals surface area contributed by atoms with Crippen LogP contribution in [0.3, 0.4) is 0 Å². The van der Waals surface area contributed by atoms with Crippen LogP contribution < -0.4 is 10.1 Å². The highest BCUT2D eigenvalue weighted by atomic mass is 16.5. The van der Waals surface area contributed by atoms with E-state index in [9.17, 15) is 0 Å². The Morgan fingerprint density at radius 1 is 1.14 bits per heavy atom. The van der Waals surface area contributed by atoms with Crippen molar-refractivity contribution < 1.29 is 4.74 Å². The summed E-state index contributed by atoms with van der Waals surface area (Å²) < 4.78 is 5.81. The quantitative estimate of drug-likeness (QED) is 0.869. The van der Waals surface area contributed by atoms with Gasteiger partial charge in [0.1, 0.15) is 5.75 Å². The fourth-order valence-corrected chi connectivity index (χ4v) is 4.11. The number of ether oxygens (including phenoxy) is 1. The van der Waals surface area contributed by atoms with Gasteiger partial charge in [0.2, 0.25) is 0 Å². The molecule has 0 radical (unpaired) electrons. The van der Waals surface area contributed by atoms with Crippen LogP contribution in [0.5, 0.6) is 5.75 Å². The first-order valence-electron chi connectivity index (χ1n) is 8.69. The number of hydrogen-bond donors (Lipinski definition) is 1. The first-order valence-corrected chi connectivity index (χ1v) is 8.69. The van der Waals surface area contributed by atoms with Crippen LogP contribution in [0, 0.1) is 11.8 Å². The second kappa shape index (κ2) is 6.83. The van der Waals surface area contributed by atoms with Gasteiger partial charge in [-0.3, -0.25) is 0 Å². The van der Waals surface area contributed by atoms with E-state index in [-0.39, 0.29) is 0 Å². The summed E-state index contributed by atoms with van der Waals surface area (Å²) in [6.07, 6.45) is 6.79. The van der Waals surface area contributed by atoms with Gasteiger partial charge in [0.25, 0.3) is 0 Å². The lowest BCUT2D eigenvalue weighted by atomic mass is 9.81. The molecule has 1 saturated carbocycles. The lowest BCUT2D eigenvalue weighted by Crippen LogP contribution is -2.31. The van der Waals surface area contributed by atoms with Crippen molar-refractivity contribution in [1.29, 1.82) is 0 Å².